The molecule has 0 aromatic rings. The van der Waals surface area contributed by atoms with Crippen molar-refractivity contribution in [2.45, 2.75) is 99.5 Å². The Kier molecular flexibility index (Phi) is 17.0. The number of amides is 3. The lowest BCUT2D eigenvalue weighted by molar-refractivity contribution is -0.151. The maximum absolute atomic E-state index is 12.8. The standard InChI is InChI=1S/C20H39N3O3.C2H6/c1-6-8-9-10-11-12-13-22-18(25)17(14-21)23(15-24)19(26)16(7-2)20(3,4)5;1-2/h15-17H,6-14,21H2,1-5H3,(H,22,25);1-2H3. The summed E-state index contributed by atoms with van der Waals surface area (Å²) in [4.78, 5) is 37.8. The third-order valence-corrected chi connectivity index (χ3v) is 4.81. The number of nitrogens with zero attached hydrogens (tertiary/aromatic N) is 1. The topological polar surface area (TPSA) is 92.5 Å². The number of rotatable bonds is 13. The highest BCUT2D eigenvalue weighted by molar-refractivity contribution is 5.95. The molecule has 0 saturated heterocycles. The monoisotopic (exact) mass is 399 g/mol. The Hall–Kier alpha value is -1.43. The highest BCUT2D eigenvalue weighted by atomic mass is 16.2. The van der Waals surface area contributed by atoms with Gasteiger partial charge in [-0.1, -0.05) is 80.6 Å². The predicted molar refractivity (Wildman–Crippen MR) is 117 cm³/mol. The van der Waals surface area contributed by atoms with Crippen molar-refractivity contribution in [3.63, 3.8) is 0 Å². The van der Waals surface area contributed by atoms with E-state index < -0.39 is 6.04 Å². The molecule has 0 aliphatic rings. The first kappa shape index (κ1) is 28.8. The molecule has 28 heavy (non-hydrogen) atoms. The number of imide groups is 1. The van der Waals surface area contributed by atoms with Crippen molar-refractivity contribution in [1.82, 2.24) is 10.2 Å². The molecule has 0 saturated carbocycles. The average molecular weight is 400 g/mol. The van der Waals surface area contributed by atoms with Crippen molar-refractivity contribution >= 4 is 18.2 Å². The zero-order chi connectivity index (χ0) is 22.2. The molecule has 0 spiro atoms. The highest BCUT2D eigenvalue weighted by Gasteiger charge is 2.37. The normalized spacial score (nSPS) is 13.0. The minimum Gasteiger partial charge on any atom is -0.354 e. The van der Waals surface area contributed by atoms with E-state index in [1.165, 1.54) is 19.3 Å². The van der Waals surface area contributed by atoms with E-state index >= 15 is 0 Å². The maximum atomic E-state index is 12.8. The van der Waals surface area contributed by atoms with Crippen LogP contribution in [0.4, 0.5) is 0 Å². The fraction of sp³-hybridized carbons (Fsp3) is 0.864. The molecule has 166 valence electrons. The van der Waals surface area contributed by atoms with Crippen molar-refractivity contribution in [2.24, 2.45) is 17.1 Å². The van der Waals surface area contributed by atoms with Gasteiger partial charge in [-0.3, -0.25) is 19.3 Å². The third kappa shape index (κ3) is 10.8. The molecule has 2 atom stereocenters. The van der Waals surface area contributed by atoms with Gasteiger partial charge in [0.1, 0.15) is 6.04 Å². The molecule has 0 heterocycles. The summed E-state index contributed by atoms with van der Waals surface area (Å²) in [6.45, 7) is 14.4. The van der Waals surface area contributed by atoms with Crippen molar-refractivity contribution in [3.8, 4) is 0 Å². The van der Waals surface area contributed by atoms with Crippen LogP contribution in [0, 0.1) is 11.3 Å². The number of hydrogen-bond donors (Lipinski definition) is 2. The van der Waals surface area contributed by atoms with Gasteiger partial charge in [-0.2, -0.15) is 0 Å². The van der Waals surface area contributed by atoms with Crippen molar-refractivity contribution in [2.75, 3.05) is 13.1 Å². The van der Waals surface area contributed by atoms with Crippen LogP contribution in [0.15, 0.2) is 0 Å². The lowest BCUT2D eigenvalue weighted by Crippen LogP contribution is -2.55. The van der Waals surface area contributed by atoms with Crippen molar-refractivity contribution < 1.29 is 14.4 Å². The first-order valence-electron chi connectivity index (χ1n) is 11.0. The SMILES string of the molecule is CC.CCCCCCCCNC(=O)C(CN)N(C=O)C(=O)C(CC)C(C)(C)C. The zero-order valence-corrected chi connectivity index (χ0v) is 19.3. The number of nitrogens with two attached hydrogens (primary N) is 1. The Bertz CT molecular complexity index is 433. The molecule has 0 aliphatic carbocycles. The molecule has 0 bridgehead atoms. The summed E-state index contributed by atoms with van der Waals surface area (Å²) >= 11 is 0. The average Bonchev–Trinajstić information content (AvgIpc) is 2.65. The van der Waals surface area contributed by atoms with E-state index in [-0.39, 0.29) is 29.7 Å². The van der Waals surface area contributed by atoms with Crippen LogP contribution in [0.1, 0.15) is 93.4 Å². The Balaban J connectivity index is 0. The third-order valence-electron chi connectivity index (χ3n) is 4.81. The summed E-state index contributed by atoms with van der Waals surface area (Å²) in [5.74, 6) is -1.03. The molecule has 0 radical (unpaired) electrons. The van der Waals surface area contributed by atoms with Gasteiger partial charge >= 0.3 is 0 Å². The predicted octanol–water partition coefficient (Wildman–Crippen LogP) is 3.87. The first-order valence-corrected chi connectivity index (χ1v) is 11.0. The Morgan fingerprint density at radius 3 is 2.00 bits per heavy atom. The second-order valence-electron chi connectivity index (χ2n) is 7.99. The van der Waals surface area contributed by atoms with Crippen LogP contribution in [-0.4, -0.2) is 42.3 Å². The van der Waals surface area contributed by atoms with Crippen LogP contribution in [0.5, 0.6) is 0 Å². The Labute approximate surface area is 173 Å². The summed E-state index contributed by atoms with van der Waals surface area (Å²) in [6, 6.07) is -0.948. The zero-order valence-electron chi connectivity index (χ0n) is 19.3. The van der Waals surface area contributed by atoms with Gasteiger partial charge in [0.15, 0.2) is 0 Å². The Morgan fingerprint density at radius 1 is 1.04 bits per heavy atom. The molecular formula is C22H45N3O3. The molecular weight excluding hydrogens is 354 g/mol. The molecule has 6 heteroatoms. The smallest absolute Gasteiger partial charge is 0.244 e. The van der Waals surface area contributed by atoms with Crippen LogP contribution in [0.25, 0.3) is 0 Å². The molecule has 3 N–H and O–H groups in total. The Morgan fingerprint density at radius 2 is 1.57 bits per heavy atom. The van der Waals surface area contributed by atoms with Crippen molar-refractivity contribution in [3.05, 3.63) is 0 Å². The van der Waals surface area contributed by atoms with Crippen LogP contribution in [0.3, 0.4) is 0 Å². The van der Waals surface area contributed by atoms with Gasteiger partial charge in [0.2, 0.25) is 18.2 Å². The molecule has 0 aromatic carbocycles. The number of carbonyl (C=O) groups is 3. The van der Waals surface area contributed by atoms with Crippen LogP contribution < -0.4 is 11.1 Å². The number of hydrogen-bond acceptors (Lipinski definition) is 4. The van der Waals surface area contributed by atoms with Gasteiger partial charge in [-0.25, -0.2) is 0 Å². The fourth-order valence-corrected chi connectivity index (χ4v) is 3.20. The molecule has 6 nitrogen and oxygen atoms in total. The van der Waals surface area contributed by atoms with Crippen LogP contribution >= 0.6 is 0 Å². The van der Waals surface area contributed by atoms with Crippen LogP contribution in [0.2, 0.25) is 0 Å². The van der Waals surface area contributed by atoms with Gasteiger partial charge in [-0.05, 0) is 18.3 Å². The van der Waals surface area contributed by atoms with E-state index in [1.807, 2.05) is 41.5 Å². The van der Waals surface area contributed by atoms with Gasteiger partial charge in [-0.15, -0.1) is 0 Å². The second kappa shape index (κ2) is 16.5. The minimum absolute atomic E-state index is 0.0760. The summed E-state index contributed by atoms with van der Waals surface area (Å²) in [5, 5.41) is 2.82. The van der Waals surface area contributed by atoms with Gasteiger partial charge in [0.25, 0.3) is 0 Å². The second-order valence-corrected chi connectivity index (χ2v) is 7.99. The lowest BCUT2D eigenvalue weighted by Gasteiger charge is -2.34. The number of unbranched alkanes of at least 4 members (excludes halogenated alkanes) is 5. The highest BCUT2D eigenvalue weighted by Crippen LogP contribution is 2.30. The molecule has 2 unspecified atom stereocenters. The molecule has 0 rings (SSSR count). The van der Waals surface area contributed by atoms with E-state index in [4.69, 9.17) is 5.73 Å². The van der Waals surface area contributed by atoms with Gasteiger partial charge < -0.3 is 11.1 Å². The number of carbonyl (C=O) groups excluding carboxylic acids is 3. The van der Waals surface area contributed by atoms with E-state index in [9.17, 15) is 14.4 Å². The molecule has 0 aromatic heterocycles. The summed E-state index contributed by atoms with van der Waals surface area (Å²) in [7, 11) is 0. The quantitative estimate of drug-likeness (QED) is 0.363. The minimum atomic E-state index is -0.948. The van der Waals surface area contributed by atoms with E-state index in [2.05, 4.69) is 12.2 Å². The largest absolute Gasteiger partial charge is 0.354 e. The van der Waals surface area contributed by atoms with E-state index in [0.29, 0.717) is 19.4 Å². The van der Waals surface area contributed by atoms with Gasteiger partial charge in [0, 0.05) is 19.0 Å². The van der Waals surface area contributed by atoms with Crippen LogP contribution in [-0.2, 0) is 14.4 Å². The maximum Gasteiger partial charge on any atom is 0.244 e. The van der Waals surface area contributed by atoms with E-state index in [0.717, 1.165) is 24.2 Å². The van der Waals surface area contributed by atoms with Crippen molar-refractivity contribution in [1.29, 1.82) is 0 Å². The van der Waals surface area contributed by atoms with Gasteiger partial charge in [0.05, 0.1) is 0 Å². The molecule has 3 amide bonds. The molecule has 0 aliphatic heterocycles. The fourth-order valence-electron chi connectivity index (χ4n) is 3.20. The summed E-state index contributed by atoms with van der Waals surface area (Å²) in [6.07, 6.45) is 7.82. The summed E-state index contributed by atoms with van der Waals surface area (Å²) < 4.78 is 0. The molecule has 0 fully saturated rings. The summed E-state index contributed by atoms with van der Waals surface area (Å²) in [5.41, 5.74) is 5.42. The van der Waals surface area contributed by atoms with E-state index in [1.54, 1.807) is 0 Å². The lowest BCUT2D eigenvalue weighted by atomic mass is 9.78. The number of nitrogens with one attached hydrogen (secondary N) is 1. The first-order chi connectivity index (χ1) is 13.2.